The summed E-state index contributed by atoms with van der Waals surface area (Å²) in [4.78, 5) is 2.03. The molecule has 0 saturated carbocycles. The van der Waals surface area contributed by atoms with Crippen molar-refractivity contribution >= 4 is 11.4 Å². The molecule has 0 aliphatic heterocycles. The number of anilines is 2. The molecule has 0 aliphatic carbocycles. The Bertz CT molecular complexity index is 597. The van der Waals surface area contributed by atoms with Gasteiger partial charge in [-0.2, -0.15) is 0 Å². The molecule has 4 heteroatoms. The van der Waals surface area contributed by atoms with E-state index < -0.39 is 0 Å². The Morgan fingerprint density at radius 1 is 1.05 bits per heavy atom. The van der Waals surface area contributed by atoms with Crippen LogP contribution in [0.1, 0.15) is 13.3 Å². The Balaban J connectivity index is 2.17. The van der Waals surface area contributed by atoms with Gasteiger partial charge >= 0.3 is 0 Å². The highest BCUT2D eigenvalue weighted by Gasteiger charge is 2.05. The minimum Gasteiger partial charge on any atom is -0.491 e. The summed E-state index contributed by atoms with van der Waals surface area (Å²) in [5.74, 6) is 2.16. The van der Waals surface area contributed by atoms with Crippen LogP contribution in [0.4, 0.5) is 11.4 Å². The maximum atomic E-state index is 5.90. The average Bonchev–Trinajstić information content (AvgIpc) is 2.48. The van der Waals surface area contributed by atoms with Crippen molar-refractivity contribution in [2.45, 2.75) is 13.3 Å². The molecule has 21 heavy (non-hydrogen) atoms. The van der Waals surface area contributed by atoms with E-state index in [4.69, 9.17) is 15.2 Å². The number of hydrogen-bond acceptors (Lipinski definition) is 4. The lowest BCUT2D eigenvalue weighted by Gasteiger charge is -2.14. The van der Waals surface area contributed by atoms with E-state index in [-0.39, 0.29) is 0 Å². The Morgan fingerprint density at radius 2 is 1.81 bits per heavy atom. The molecule has 2 aromatic carbocycles. The fraction of sp³-hybridized carbons (Fsp3) is 0.294. The molecular weight excluding hydrogens is 264 g/mol. The molecule has 0 radical (unpaired) electrons. The number of hydrogen-bond donors (Lipinski definition) is 1. The SMILES string of the molecule is CCCOc1cc(Oc2cccc(N(C)C)c2)ccc1N. The molecular formula is C17H22N2O2. The summed E-state index contributed by atoms with van der Waals surface area (Å²) in [6, 6.07) is 13.4. The molecule has 2 N–H and O–H groups in total. The summed E-state index contributed by atoms with van der Waals surface area (Å²) in [6.07, 6.45) is 0.940. The summed E-state index contributed by atoms with van der Waals surface area (Å²) in [5.41, 5.74) is 7.61. The van der Waals surface area contributed by atoms with Crippen LogP contribution in [0.25, 0.3) is 0 Å². The predicted octanol–water partition coefficient (Wildman–Crippen LogP) is 3.92. The van der Waals surface area contributed by atoms with Crippen LogP contribution < -0.4 is 20.1 Å². The third-order valence-electron chi connectivity index (χ3n) is 3.02. The zero-order valence-corrected chi connectivity index (χ0v) is 12.8. The molecule has 2 rings (SSSR count). The van der Waals surface area contributed by atoms with Crippen molar-refractivity contribution in [3.8, 4) is 17.2 Å². The van der Waals surface area contributed by atoms with E-state index >= 15 is 0 Å². The van der Waals surface area contributed by atoms with Gasteiger partial charge in [0.15, 0.2) is 0 Å². The lowest BCUT2D eigenvalue weighted by molar-refractivity contribution is 0.317. The van der Waals surface area contributed by atoms with E-state index in [1.54, 1.807) is 6.07 Å². The monoisotopic (exact) mass is 286 g/mol. The molecule has 112 valence electrons. The van der Waals surface area contributed by atoms with Crippen molar-refractivity contribution in [2.75, 3.05) is 31.3 Å². The van der Waals surface area contributed by atoms with Gasteiger partial charge in [0.1, 0.15) is 17.2 Å². The van der Waals surface area contributed by atoms with Gasteiger partial charge in [0.05, 0.1) is 12.3 Å². The first kappa shape index (κ1) is 15.0. The standard InChI is InChI=1S/C17H22N2O2/c1-4-10-20-17-12-15(8-9-16(17)18)21-14-7-5-6-13(11-14)19(2)3/h5-9,11-12H,4,10,18H2,1-3H3. The number of rotatable bonds is 6. The van der Waals surface area contributed by atoms with E-state index in [0.717, 1.165) is 17.9 Å². The average molecular weight is 286 g/mol. The molecule has 0 aliphatic rings. The van der Waals surface area contributed by atoms with Crippen LogP contribution in [0.15, 0.2) is 42.5 Å². The topological polar surface area (TPSA) is 47.7 Å². The highest BCUT2D eigenvalue weighted by atomic mass is 16.5. The fourth-order valence-corrected chi connectivity index (χ4v) is 1.88. The lowest BCUT2D eigenvalue weighted by atomic mass is 10.2. The highest BCUT2D eigenvalue weighted by Crippen LogP contribution is 2.31. The Kier molecular flexibility index (Phi) is 4.93. The molecule has 0 amide bonds. The Hall–Kier alpha value is -2.36. The minimum atomic E-state index is 0.623. The normalized spacial score (nSPS) is 10.2. The largest absolute Gasteiger partial charge is 0.491 e. The van der Waals surface area contributed by atoms with Gasteiger partial charge in [-0.05, 0) is 30.7 Å². The zero-order valence-electron chi connectivity index (χ0n) is 12.8. The molecule has 0 saturated heterocycles. The number of nitrogen functional groups attached to an aromatic ring is 1. The van der Waals surface area contributed by atoms with Gasteiger partial charge in [-0.3, -0.25) is 0 Å². The van der Waals surface area contributed by atoms with E-state index in [0.29, 0.717) is 23.8 Å². The first-order valence-corrected chi connectivity index (χ1v) is 7.07. The quantitative estimate of drug-likeness (QED) is 0.818. The van der Waals surface area contributed by atoms with Gasteiger partial charge in [0.25, 0.3) is 0 Å². The van der Waals surface area contributed by atoms with Crippen LogP contribution in [0.5, 0.6) is 17.2 Å². The Morgan fingerprint density at radius 3 is 2.52 bits per heavy atom. The van der Waals surface area contributed by atoms with Crippen molar-refractivity contribution in [1.82, 2.24) is 0 Å². The second kappa shape index (κ2) is 6.88. The molecule has 0 unspecified atom stereocenters. The number of ether oxygens (including phenoxy) is 2. The summed E-state index contributed by atoms with van der Waals surface area (Å²) in [5, 5.41) is 0. The van der Waals surface area contributed by atoms with Gasteiger partial charge in [-0.1, -0.05) is 13.0 Å². The van der Waals surface area contributed by atoms with Gasteiger partial charge in [0, 0.05) is 31.9 Å². The van der Waals surface area contributed by atoms with E-state index in [1.165, 1.54) is 0 Å². The second-order valence-electron chi connectivity index (χ2n) is 5.04. The summed E-state index contributed by atoms with van der Waals surface area (Å²) >= 11 is 0. The third kappa shape index (κ3) is 4.05. The molecule has 0 bridgehead atoms. The van der Waals surface area contributed by atoms with Crippen molar-refractivity contribution in [3.05, 3.63) is 42.5 Å². The van der Waals surface area contributed by atoms with Crippen molar-refractivity contribution in [2.24, 2.45) is 0 Å². The van der Waals surface area contributed by atoms with Crippen LogP contribution in [-0.2, 0) is 0 Å². The second-order valence-corrected chi connectivity index (χ2v) is 5.04. The molecule has 4 nitrogen and oxygen atoms in total. The molecule has 0 spiro atoms. The van der Waals surface area contributed by atoms with Gasteiger partial charge in [-0.15, -0.1) is 0 Å². The van der Waals surface area contributed by atoms with E-state index in [2.05, 4.69) is 6.92 Å². The fourth-order valence-electron chi connectivity index (χ4n) is 1.88. The lowest BCUT2D eigenvalue weighted by Crippen LogP contribution is -2.08. The molecule has 0 atom stereocenters. The van der Waals surface area contributed by atoms with Crippen molar-refractivity contribution in [1.29, 1.82) is 0 Å². The molecule has 2 aromatic rings. The van der Waals surface area contributed by atoms with Crippen LogP contribution in [0, 0.1) is 0 Å². The molecule has 0 fully saturated rings. The number of nitrogens with zero attached hydrogens (tertiary/aromatic N) is 1. The third-order valence-corrected chi connectivity index (χ3v) is 3.02. The maximum absolute atomic E-state index is 5.90. The smallest absolute Gasteiger partial charge is 0.145 e. The first-order chi connectivity index (χ1) is 10.1. The van der Waals surface area contributed by atoms with Crippen LogP contribution >= 0.6 is 0 Å². The summed E-state index contributed by atoms with van der Waals surface area (Å²) < 4.78 is 11.5. The first-order valence-electron chi connectivity index (χ1n) is 7.07. The van der Waals surface area contributed by atoms with E-state index in [9.17, 15) is 0 Å². The van der Waals surface area contributed by atoms with Crippen molar-refractivity contribution < 1.29 is 9.47 Å². The van der Waals surface area contributed by atoms with Gasteiger partial charge in [-0.25, -0.2) is 0 Å². The van der Waals surface area contributed by atoms with Gasteiger partial charge < -0.3 is 20.1 Å². The molecule has 0 aromatic heterocycles. The minimum absolute atomic E-state index is 0.623. The summed E-state index contributed by atoms with van der Waals surface area (Å²) in [6.45, 7) is 2.70. The summed E-state index contributed by atoms with van der Waals surface area (Å²) in [7, 11) is 4.00. The predicted molar refractivity (Wildman–Crippen MR) is 87.5 cm³/mol. The van der Waals surface area contributed by atoms with Crippen molar-refractivity contribution in [3.63, 3.8) is 0 Å². The van der Waals surface area contributed by atoms with Crippen LogP contribution in [-0.4, -0.2) is 20.7 Å². The maximum Gasteiger partial charge on any atom is 0.145 e. The van der Waals surface area contributed by atoms with Gasteiger partial charge in [0.2, 0.25) is 0 Å². The number of nitrogens with two attached hydrogens (primary N) is 1. The Labute approximate surface area is 126 Å². The van der Waals surface area contributed by atoms with Crippen LogP contribution in [0.3, 0.4) is 0 Å². The van der Waals surface area contributed by atoms with Crippen LogP contribution in [0.2, 0.25) is 0 Å². The highest BCUT2D eigenvalue weighted by molar-refractivity contribution is 5.57. The van der Waals surface area contributed by atoms with E-state index in [1.807, 2.05) is 55.4 Å². The number of benzene rings is 2. The molecule has 0 heterocycles. The zero-order chi connectivity index (χ0) is 15.2.